The highest BCUT2D eigenvalue weighted by Crippen LogP contribution is 2.33. The summed E-state index contributed by atoms with van der Waals surface area (Å²) in [7, 11) is 3.35. The lowest BCUT2D eigenvalue weighted by Gasteiger charge is -2.17. The van der Waals surface area contributed by atoms with Crippen molar-refractivity contribution in [1.29, 1.82) is 0 Å². The number of hydrogen-bond donors (Lipinski definition) is 0. The first kappa shape index (κ1) is 13.2. The maximum Gasteiger partial charge on any atom is 0.122 e. The summed E-state index contributed by atoms with van der Waals surface area (Å²) in [5.41, 5.74) is 1.14. The van der Waals surface area contributed by atoms with Gasteiger partial charge in [-0.25, -0.2) is 0 Å². The number of ether oxygens (including phenoxy) is 2. The molecule has 1 aromatic rings. The largest absolute Gasteiger partial charge is 0.497 e. The van der Waals surface area contributed by atoms with E-state index in [0.29, 0.717) is 11.8 Å². The Kier molecular flexibility index (Phi) is 5.47. The van der Waals surface area contributed by atoms with Crippen LogP contribution in [0.5, 0.6) is 11.5 Å². The molecule has 0 radical (unpaired) electrons. The van der Waals surface area contributed by atoms with Crippen LogP contribution in [0.3, 0.4) is 0 Å². The molecule has 0 N–H and O–H groups in total. The SMILES string of the molecule is CCCC(CCl)c1cc(OC)ccc1OC. The van der Waals surface area contributed by atoms with Gasteiger partial charge in [0, 0.05) is 17.4 Å². The van der Waals surface area contributed by atoms with E-state index in [1.165, 1.54) is 0 Å². The van der Waals surface area contributed by atoms with Crippen molar-refractivity contribution in [3.8, 4) is 11.5 Å². The molecular weight excluding hydrogens is 224 g/mol. The molecule has 0 aliphatic rings. The lowest BCUT2D eigenvalue weighted by atomic mass is 9.95. The van der Waals surface area contributed by atoms with E-state index in [4.69, 9.17) is 21.1 Å². The number of halogens is 1. The summed E-state index contributed by atoms with van der Waals surface area (Å²) in [5.74, 6) is 2.68. The summed E-state index contributed by atoms with van der Waals surface area (Å²) >= 11 is 6.01. The van der Waals surface area contributed by atoms with Crippen LogP contribution in [0, 0.1) is 0 Å². The first-order chi connectivity index (χ1) is 7.76. The molecule has 90 valence electrons. The van der Waals surface area contributed by atoms with Crippen LogP contribution in [0.1, 0.15) is 31.2 Å². The van der Waals surface area contributed by atoms with Gasteiger partial charge in [-0.15, -0.1) is 11.6 Å². The van der Waals surface area contributed by atoms with Crippen LogP contribution < -0.4 is 9.47 Å². The van der Waals surface area contributed by atoms with E-state index >= 15 is 0 Å². The maximum atomic E-state index is 6.01. The Morgan fingerprint density at radius 2 is 2.00 bits per heavy atom. The summed E-state index contributed by atoms with van der Waals surface area (Å²) in [6.07, 6.45) is 2.17. The van der Waals surface area contributed by atoms with E-state index < -0.39 is 0 Å². The number of hydrogen-bond acceptors (Lipinski definition) is 2. The van der Waals surface area contributed by atoms with Crippen LogP contribution in [0.2, 0.25) is 0 Å². The fraction of sp³-hybridized carbons (Fsp3) is 0.538. The second-order valence-corrected chi connectivity index (χ2v) is 4.06. The first-order valence-corrected chi connectivity index (χ1v) is 6.08. The number of rotatable bonds is 6. The third-order valence-corrected chi connectivity index (χ3v) is 3.07. The monoisotopic (exact) mass is 242 g/mol. The molecule has 16 heavy (non-hydrogen) atoms. The number of benzene rings is 1. The van der Waals surface area contributed by atoms with Crippen molar-refractivity contribution in [3.63, 3.8) is 0 Å². The van der Waals surface area contributed by atoms with Crippen molar-refractivity contribution in [3.05, 3.63) is 23.8 Å². The van der Waals surface area contributed by atoms with Gasteiger partial charge >= 0.3 is 0 Å². The predicted octanol–water partition coefficient (Wildman–Crippen LogP) is 3.83. The minimum absolute atomic E-state index is 0.330. The lowest BCUT2D eigenvalue weighted by molar-refractivity contribution is 0.395. The van der Waals surface area contributed by atoms with Crippen molar-refractivity contribution >= 4 is 11.6 Å². The van der Waals surface area contributed by atoms with E-state index in [-0.39, 0.29) is 0 Å². The van der Waals surface area contributed by atoms with Gasteiger partial charge in [0.05, 0.1) is 14.2 Å². The molecule has 1 atom stereocenters. The zero-order valence-electron chi connectivity index (χ0n) is 10.1. The van der Waals surface area contributed by atoms with Crippen molar-refractivity contribution < 1.29 is 9.47 Å². The van der Waals surface area contributed by atoms with Crippen molar-refractivity contribution in [2.24, 2.45) is 0 Å². The Hall–Kier alpha value is -0.890. The molecule has 0 saturated heterocycles. The summed E-state index contributed by atoms with van der Waals surface area (Å²) in [6, 6.07) is 5.85. The zero-order chi connectivity index (χ0) is 12.0. The molecule has 2 nitrogen and oxygen atoms in total. The topological polar surface area (TPSA) is 18.5 Å². The highest BCUT2D eigenvalue weighted by atomic mass is 35.5. The molecular formula is C13H19ClO2. The van der Waals surface area contributed by atoms with E-state index in [0.717, 1.165) is 29.9 Å². The van der Waals surface area contributed by atoms with Crippen molar-refractivity contribution in [1.82, 2.24) is 0 Å². The Bertz CT molecular complexity index is 326. The summed E-state index contributed by atoms with van der Waals surface area (Å²) in [5, 5.41) is 0. The molecule has 0 aliphatic carbocycles. The van der Waals surface area contributed by atoms with Crippen LogP contribution in [0.15, 0.2) is 18.2 Å². The maximum absolute atomic E-state index is 6.01. The molecule has 0 heterocycles. The second-order valence-electron chi connectivity index (χ2n) is 3.75. The van der Waals surface area contributed by atoms with Crippen LogP contribution in [0.25, 0.3) is 0 Å². The molecule has 0 bridgehead atoms. The molecule has 0 aromatic heterocycles. The predicted molar refractivity (Wildman–Crippen MR) is 67.9 cm³/mol. The van der Waals surface area contributed by atoms with Gasteiger partial charge in [-0.1, -0.05) is 13.3 Å². The smallest absolute Gasteiger partial charge is 0.122 e. The normalized spacial score (nSPS) is 12.2. The Balaban J connectivity index is 3.05. The highest BCUT2D eigenvalue weighted by Gasteiger charge is 2.15. The van der Waals surface area contributed by atoms with Gasteiger partial charge in [0.1, 0.15) is 11.5 Å². The average Bonchev–Trinajstić information content (AvgIpc) is 2.35. The van der Waals surface area contributed by atoms with Crippen molar-refractivity contribution in [2.75, 3.05) is 20.1 Å². The summed E-state index contributed by atoms with van der Waals surface area (Å²) in [4.78, 5) is 0. The molecule has 0 amide bonds. The molecule has 0 fully saturated rings. The van der Waals surface area contributed by atoms with Gasteiger partial charge in [0.2, 0.25) is 0 Å². The average molecular weight is 243 g/mol. The summed E-state index contributed by atoms with van der Waals surface area (Å²) in [6.45, 7) is 2.16. The Labute approximate surface area is 103 Å². The first-order valence-electron chi connectivity index (χ1n) is 5.54. The van der Waals surface area contributed by atoms with Gasteiger partial charge in [-0.3, -0.25) is 0 Å². The van der Waals surface area contributed by atoms with Crippen LogP contribution in [-0.4, -0.2) is 20.1 Å². The third kappa shape index (κ3) is 3.05. The van der Waals surface area contributed by atoms with Crippen LogP contribution >= 0.6 is 11.6 Å². The standard InChI is InChI=1S/C13H19ClO2/c1-4-5-10(9-14)12-8-11(15-2)6-7-13(12)16-3/h6-8,10H,4-5,9H2,1-3H3. The van der Waals surface area contributed by atoms with E-state index in [1.54, 1.807) is 14.2 Å². The summed E-state index contributed by atoms with van der Waals surface area (Å²) < 4.78 is 10.6. The van der Waals surface area contributed by atoms with Gasteiger partial charge < -0.3 is 9.47 Å². The minimum atomic E-state index is 0.330. The molecule has 1 rings (SSSR count). The van der Waals surface area contributed by atoms with E-state index in [9.17, 15) is 0 Å². The van der Waals surface area contributed by atoms with Gasteiger partial charge in [0.15, 0.2) is 0 Å². The zero-order valence-corrected chi connectivity index (χ0v) is 10.9. The molecule has 0 aliphatic heterocycles. The Morgan fingerprint density at radius 1 is 1.25 bits per heavy atom. The Morgan fingerprint density at radius 3 is 2.50 bits per heavy atom. The second kappa shape index (κ2) is 6.64. The number of methoxy groups -OCH3 is 2. The fourth-order valence-corrected chi connectivity index (χ4v) is 2.14. The van der Waals surface area contributed by atoms with Crippen LogP contribution in [-0.2, 0) is 0 Å². The number of alkyl halides is 1. The molecule has 1 unspecified atom stereocenters. The van der Waals surface area contributed by atoms with Gasteiger partial charge in [0.25, 0.3) is 0 Å². The van der Waals surface area contributed by atoms with Crippen LogP contribution in [0.4, 0.5) is 0 Å². The fourth-order valence-electron chi connectivity index (χ4n) is 1.82. The van der Waals surface area contributed by atoms with Gasteiger partial charge in [-0.05, 0) is 24.6 Å². The molecule has 1 aromatic carbocycles. The lowest BCUT2D eigenvalue weighted by Crippen LogP contribution is -2.03. The highest BCUT2D eigenvalue weighted by molar-refractivity contribution is 6.18. The van der Waals surface area contributed by atoms with Crippen molar-refractivity contribution in [2.45, 2.75) is 25.7 Å². The van der Waals surface area contributed by atoms with Gasteiger partial charge in [-0.2, -0.15) is 0 Å². The molecule has 0 saturated carbocycles. The minimum Gasteiger partial charge on any atom is -0.497 e. The van der Waals surface area contributed by atoms with E-state index in [2.05, 4.69) is 6.92 Å². The molecule has 3 heteroatoms. The third-order valence-electron chi connectivity index (χ3n) is 2.70. The molecule has 0 spiro atoms. The van der Waals surface area contributed by atoms with E-state index in [1.807, 2.05) is 18.2 Å². The quantitative estimate of drug-likeness (QED) is 0.706.